The van der Waals surface area contributed by atoms with E-state index in [1.165, 1.54) is 0 Å². The van der Waals surface area contributed by atoms with E-state index in [1.807, 2.05) is 37.3 Å². The second-order valence-corrected chi connectivity index (χ2v) is 12.3. The highest BCUT2D eigenvalue weighted by atomic mass is 32.2. The number of benzene rings is 1. The number of carbonyl (C=O) groups is 2. The fraction of sp³-hybridized carbons (Fsp3) is 0.400. The van der Waals surface area contributed by atoms with Gasteiger partial charge in [-0.05, 0) is 48.6 Å². The zero-order valence-electron chi connectivity index (χ0n) is 20.4. The number of hydrogen-bond donors (Lipinski definition) is 2. The predicted octanol–water partition coefficient (Wildman–Crippen LogP) is 4.50. The Bertz CT molecular complexity index is 1260. The molecular formula is C25H30N2O6S3. The van der Waals surface area contributed by atoms with E-state index in [0.717, 1.165) is 39.2 Å². The monoisotopic (exact) mass is 550 g/mol. The van der Waals surface area contributed by atoms with Crippen LogP contribution in [0, 0.1) is 0 Å². The summed E-state index contributed by atoms with van der Waals surface area (Å²) in [7, 11) is -4.00. The van der Waals surface area contributed by atoms with Crippen LogP contribution >= 0.6 is 24.0 Å². The molecule has 1 aromatic rings. The van der Waals surface area contributed by atoms with Gasteiger partial charge in [-0.2, -0.15) is 8.42 Å². The average molecular weight is 551 g/mol. The number of carboxylic acid groups (broad SMARTS) is 1. The number of carboxylic acids is 1. The molecule has 2 heterocycles. The van der Waals surface area contributed by atoms with Crippen molar-refractivity contribution < 1.29 is 27.7 Å². The van der Waals surface area contributed by atoms with E-state index in [2.05, 4.69) is 24.8 Å². The summed E-state index contributed by atoms with van der Waals surface area (Å²) >= 11 is 6.28. The van der Waals surface area contributed by atoms with Crippen LogP contribution in [0.1, 0.15) is 45.6 Å². The fourth-order valence-corrected chi connectivity index (χ4v) is 6.17. The van der Waals surface area contributed by atoms with Crippen LogP contribution in [0.3, 0.4) is 0 Å². The summed E-state index contributed by atoms with van der Waals surface area (Å²) in [6.45, 7) is 6.36. The van der Waals surface area contributed by atoms with Crippen molar-refractivity contribution in [1.82, 2.24) is 4.90 Å². The summed E-state index contributed by atoms with van der Waals surface area (Å²) in [5.74, 6) is -1.80. The Hall–Kier alpha value is -2.47. The van der Waals surface area contributed by atoms with Gasteiger partial charge in [-0.15, -0.1) is 0 Å². The zero-order chi connectivity index (χ0) is 26.7. The number of amides is 1. The molecule has 2 aliphatic rings. The summed E-state index contributed by atoms with van der Waals surface area (Å²) in [5.41, 5.74) is 3.83. The molecule has 0 aromatic heterocycles. The maximum atomic E-state index is 12.7. The Morgan fingerprint density at radius 2 is 1.89 bits per heavy atom. The molecular weight excluding hydrogens is 520 g/mol. The zero-order valence-corrected chi connectivity index (χ0v) is 22.9. The van der Waals surface area contributed by atoms with Gasteiger partial charge < -0.3 is 10.0 Å². The van der Waals surface area contributed by atoms with E-state index in [0.29, 0.717) is 30.7 Å². The summed E-state index contributed by atoms with van der Waals surface area (Å²) in [4.78, 5) is 27.4. The van der Waals surface area contributed by atoms with Gasteiger partial charge in [-0.25, -0.2) is 0 Å². The molecule has 0 saturated carbocycles. The molecule has 0 radical (unpaired) electrons. The number of para-hydroxylation sites is 1. The highest BCUT2D eigenvalue weighted by molar-refractivity contribution is 8.26. The third-order valence-corrected chi connectivity index (χ3v) is 8.36. The van der Waals surface area contributed by atoms with Gasteiger partial charge in [0.15, 0.2) is 0 Å². The van der Waals surface area contributed by atoms with Crippen molar-refractivity contribution in [1.29, 1.82) is 0 Å². The molecule has 11 heteroatoms. The molecule has 36 heavy (non-hydrogen) atoms. The molecule has 1 aromatic carbocycles. The van der Waals surface area contributed by atoms with Crippen molar-refractivity contribution in [2.45, 2.75) is 45.4 Å². The number of unbranched alkanes of at least 4 members (excludes halogenated alkanes) is 1. The van der Waals surface area contributed by atoms with Crippen LogP contribution in [0.2, 0.25) is 0 Å². The third-order valence-electron chi connectivity index (χ3n) is 6.18. The van der Waals surface area contributed by atoms with Crippen molar-refractivity contribution in [3.8, 4) is 0 Å². The number of carbonyl (C=O) groups excluding carboxylic acids is 1. The molecule has 194 valence electrons. The van der Waals surface area contributed by atoms with Gasteiger partial charge in [0.25, 0.3) is 16.0 Å². The predicted molar refractivity (Wildman–Crippen MR) is 147 cm³/mol. The Morgan fingerprint density at radius 3 is 2.53 bits per heavy atom. The van der Waals surface area contributed by atoms with Crippen molar-refractivity contribution in [3.05, 3.63) is 64.2 Å². The average Bonchev–Trinajstić information content (AvgIpc) is 3.17. The minimum atomic E-state index is -4.00. The highest BCUT2D eigenvalue weighted by Crippen LogP contribution is 2.47. The molecule has 1 saturated heterocycles. The number of allylic oxidation sites excluding steroid dienone is 5. The fourth-order valence-electron chi connectivity index (χ4n) is 4.33. The Labute approximate surface area is 221 Å². The molecule has 0 unspecified atom stereocenters. The topological polar surface area (TPSA) is 115 Å². The molecule has 1 fully saturated rings. The van der Waals surface area contributed by atoms with E-state index < -0.39 is 28.5 Å². The Balaban J connectivity index is 1.90. The van der Waals surface area contributed by atoms with Gasteiger partial charge in [-0.3, -0.25) is 19.0 Å². The van der Waals surface area contributed by atoms with Crippen molar-refractivity contribution in [2.75, 3.05) is 23.7 Å². The molecule has 0 bridgehead atoms. The smallest absolute Gasteiger partial charge is 0.323 e. The van der Waals surface area contributed by atoms with E-state index in [9.17, 15) is 18.0 Å². The lowest BCUT2D eigenvalue weighted by Crippen LogP contribution is -2.33. The summed E-state index contributed by atoms with van der Waals surface area (Å²) in [6, 6.07) is 8.08. The van der Waals surface area contributed by atoms with Crippen LogP contribution in [0.5, 0.6) is 0 Å². The molecule has 0 aliphatic carbocycles. The van der Waals surface area contributed by atoms with Crippen LogP contribution in [-0.4, -0.2) is 58.0 Å². The van der Waals surface area contributed by atoms with Crippen LogP contribution in [0.25, 0.3) is 0 Å². The van der Waals surface area contributed by atoms with Gasteiger partial charge in [-0.1, -0.05) is 69.0 Å². The molecule has 2 N–H and O–H groups in total. The van der Waals surface area contributed by atoms with Crippen molar-refractivity contribution >= 4 is 56.0 Å². The number of hydrogen-bond acceptors (Lipinski definition) is 7. The summed E-state index contributed by atoms with van der Waals surface area (Å²) in [5, 5.41) is 9.05. The minimum absolute atomic E-state index is 0.228. The number of anilines is 1. The highest BCUT2D eigenvalue weighted by Gasteiger charge is 2.39. The number of thioether (sulfide) groups is 1. The van der Waals surface area contributed by atoms with Gasteiger partial charge in [0.2, 0.25) is 0 Å². The lowest BCUT2D eigenvalue weighted by atomic mass is 9.83. The van der Waals surface area contributed by atoms with E-state index in [1.54, 1.807) is 6.08 Å². The number of thiocarbonyl (C=S) groups is 1. The van der Waals surface area contributed by atoms with Gasteiger partial charge in [0, 0.05) is 23.3 Å². The van der Waals surface area contributed by atoms with Gasteiger partial charge in [0.05, 0.1) is 10.7 Å². The van der Waals surface area contributed by atoms with Gasteiger partial charge >= 0.3 is 5.97 Å². The Kier molecular flexibility index (Phi) is 8.81. The lowest BCUT2D eigenvalue weighted by molar-refractivity contribution is -0.140. The molecule has 0 atom stereocenters. The molecule has 8 nitrogen and oxygen atoms in total. The first-order valence-electron chi connectivity index (χ1n) is 11.6. The van der Waals surface area contributed by atoms with Crippen LogP contribution in [-0.2, 0) is 25.1 Å². The van der Waals surface area contributed by atoms with E-state index in [4.69, 9.17) is 21.9 Å². The number of rotatable bonds is 10. The van der Waals surface area contributed by atoms with Crippen molar-refractivity contribution in [3.63, 3.8) is 0 Å². The first-order valence-corrected chi connectivity index (χ1v) is 14.4. The first kappa shape index (κ1) is 28.1. The first-order chi connectivity index (χ1) is 16.8. The van der Waals surface area contributed by atoms with Crippen LogP contribution in [0.15, 0.2) is 58.7 Å². The molecule has 0 spiro atoms. The summed E-state index contributed by atoms with van der Waals surface area (Å²) < 4.78 is 31.5. The second-order valence-electron chi connectivity index (χ2n) is 9.10. The Morgan fingerprint density at radius 1 is 1.19 bits per heavy atom. The number of nitrogens with zero attached hydrogens (tertiary/aromatic N) is 2. The standard InChI is InChI=1S/C25H30N2O6S3/c1-4-17(15-20-23(30)27(16-22(28)29)24(34)35-20)11-12-21-25(2,3)18-9-5-6-10-19(18)26(21)13-7-8-14-36(31,32)33/h5-6,9-12,15H,4,7-8,13-14,16H2,1-3H3,(H,28,29)(H,31,32,33)/b17-11+,20-15+,21-12+. The van der Waals surface area contributed by atoms with E-state index in [-0.39, 0.29) is 15.5 Å². The molecule has 1 amide bonds. The quantitative estimate of drug-likeness (QED) is 0.188. The molecule has 2 aliphatic heterocycles. The minimum Gasteiger partial charge on any atom is -0.480 e. The third kappa shape index (κ3) is 6.44. The summed E-state index contributed by atoms with van der Waals surface area (Å²) in [6.07, 6.45) is 7.31. The SMILES string of the molecule is CCC(=C\C=C1\N(CCCCS(=O)(=O)O)c2ccccc2C1(C)C)/C=C1/SC(=S)N(CC(=O)O)C1=O. The molecule has 3 rings (SSSR count). The van der Waals surface area contributed by atoms with Crippen molar-refractivity contribution in [2.24, 2.45) is 0 Å². The van der Waals surface area contributed by atoms with Gasteiger partial charge in [0.1, 0.15) is 10.9 Å². The maximum absolute atomic E-state index is 12.7. The number of fused-ring (bicyclic) bond motifs is 1. The largest absolute Gasteiger partial charge is 0.480 e. The number of aliphatic carboxylic acids is 1. The maximum Gasteiger partial charge on any atom is 0.323 e. The normalized spacial score (nSPS) is 20.1. The second kappa shape index (κ2) is 11.3. The van der Waals surface area contributed by atoms with E-state index >= 15 is 0 Å². The lowest BCUT2D eigenvalue weighted by Gasteiger charge is -2.27. The van der Waals surface area contributed by atoms with Crippen LogP contribution in [0.4, 0.5) is 5.69 Å². The van der Waals surface area contributed by atoms with Crippen LogP contribution < -0.4 is 4.90 Å².